The summed E-state index contributed by atoms with van der Waals surface area (Å²) < 4.78 is 42.6. The van der Waals surface area contributed by atoms with Crippen LogP contribution < -0.4 is 0 Å². The van der Waals surface area contributed by atoms with Gasteiger partial charge in [0.15, 0.2) is 0 Å². The molecule has 1 rings (SSSR count). The van der Waals surface area contributed by atoms with Crippen LogP contribution in [-0.4, -0.2) is 11.6 Å². The SMILES string of the molecule is CC(C)(C)OC(=O)c1c(Cl)cc(C(F)(F)F)cc1Cl. The molecule has 1 aromatic rings. The van der Waals surface area contributed by atoms with E-state index in [0.29, 0.717) is 12.1 Å². The van der Waals surface area contributed by atoms with Gasteiger partial charge in [-0.05, 0) is 32.9 Å². The Bertz CT molecular complexity index is 482. The fourth-order valence-corrected chi connectivity index (χ4v) is 1.90. The van der Waals surface area contributed by atoms with Crippen LogP contribution in [0.4, 0.5) is 13.2 Å². The van der Waals surface area contributed by atoms with E-state index in [1.807, 2.05) is 0 Å². The number of halogens is 5. The van der Waals surface area contributed by atoms with Crippen molar-refractivity contribution in [3.8, 4) is 0 Å². The summed E-state index contributed by atoms with van der Waals surface area (Å²) in [4.78, 5) is 11.8. The van der Waals surface area contributed by atoms with E-state index >= 15 is 0 Å². The Morgan fingerprint density at radius 1 is 1.11 bits per heavy atom. The molecule has 106 valence electrons. The van der Waals surface area contributed by atoms with Crippen LogP contribution in [0.15, 0.2) is 12.1 Å². The van der Waals surface area contributed by atoms with Gasteiger partial charge in [0.05, 0.1) is 21.2 Å². The summed E-state index contributed by atoms with van der Waals surface area (Å²) >= 11 is 11.4. The second kappa shape index (κ2) is 5.21. The second-order valence-electron chi connectivity index (χ2n) is 4.81. The van der Waals surface area contributed by atoms with E-state index in [2.05, 4.69) is 0 Å². The quantitative estimate of drug-likeness (QED) is 0.684. The van der Waals surface area contributed by atoms with Gasteiger partial charge in [-0.1, -0.05) is 23.2 Å². The standard InChI is InChI=1S/C12H11Cl2F3O2/c1-11(2,3)19-10(18)9-7(13)4-6(5-8(9)14)12(15,16)17/h4-5H,1-3H3. The number of alkyl halides is 3. The van der Waals surface area contributed by atoms with Crippen LogP contribution >= 0.6 is 23.2 Å². The number of ether oxygens (including phenoxy) is 1. The van der Waals surface area contributed by atoms with Crippen molar-refractivity contribution in [2.24, 2.45) is 0 Å². The van der Waals surface area contributed by atoms with E-state index in [1.165, 1.54) is 0 Å². The number of carbonyl (C=O) groups excluding carboxylic acids is 1. The number of hydrogen-bond donors (Lipinski definition) is 0. The molecule has 0 aliphatic carbocycles. The first kappa shape index (κ1) is 16.1. The number of benzene rings is 1. The van der Waals surface area contributed by atoms with Crippen LogP contribution in [0.25, 0.3) is 0 Å². The molecule has 0 aliphatic heterocycles. The maximum Gasteiger partial charge on any atom is 0.416 e. The molecule has 0 radical (unpaired) electrons. The molecule has 0 saturated heterocycles. The number of hydrogen-bond acceptors (Lipinski definition) is 2. The molecule has 1 aromatic carbocycles. The summed E-state index contributed by atoms with van der Waals surface area (Å²) in [6.07, 6.45) is -4.58. The molecule has 0 heterocycles. The Balaban J connectivity index is 3.22. The van der Waals surface area contributed by atoms with Crippen LogP contribution in [0.2, 0.25) is 10.0 Å². The lowest BCUT2D eigenvalue weighted by molar-refractivity contribution is -0.137. The molecule has 0 aromatic heterocycles. The number of rotatable bonds is 1. The molecular weight excluding hydrogens is 304 g/mol. The van der Waals surface area contributed by atoms with Gasteiger partial charge in [-0.25, -0.2) is 4.79 Å². The first-order chi connectivity index (χ1) is 8.42. The van der Waals surface area contributed by atoms with Crippen molar-refractivity contribution in [1.29, 1.82) is 0 Å². The summed E-state index contributed by atoms with van der Waals surface area (Å²) in [6.45, 7) is 4.87. The summed E-state index contributed by atoms with van der Waals surface area (Å²) in [5.74, 6) is -0.865. The molecule has 0 saturated carbocycles. The van der Waals surface area contributed by atoms with Gasteiger partial charge in [-0.3, -0.25) is 0 Å². The maximum absolute atomic E-state index is 12.5. The minimum Gasteiger partial charge on any atom is -0.456 e. The normalized spacial score (nSPS) is 12.4. The molecule has 7 heteroatoms. The number of carbonyl (C=O) groups is 1. The summed E-state index contributed by atoms with van der Waals surface area (Å²) in [5, 5.41) is -0.789. The van der Waals surface area contributed by atoms with Crippen molar-refractivity contribution in [3.05, 3.63) is 33.3 Å². The van der Waals surface area contributed by atoms with Crippen molar-refractivity contribution in [3.63, 3.8) is 0 Å². The fourth-order valence-electron chi connectivity index (χ4n) is 1.26. The first-order valence-corrected chi connectivity index (χ1v) is 5.97. The zero-order valence-electron chi connectivity index (χ0n) is 10.4. The topological polar surface area (TPSA) is 26.3 Å². The molecule has 0 aliphatic rings. The van der Waals surface area contributed by atoms with Gasteiger partial charge in [0.1, 0.15) is 5.60 Å². The Kier molecular flexibility index (Phi) is 4.42. The highest BCUT2D eigenvalue weighted by Gasteiger charge is 2.33. The van der Waals surface area contributed by atoms with Crippen molar-refractivity contribution in [2.45, 2.75) is 32.5 Å². The minimum atomic E-state index is -4.58. The molecule has 0 spiro atoms. The Morgan fingerprint density at radius 2 is 1.53 bits per heavy atom. The van der Waals surface area contributed by atoms with E-state index in [-0.39, 0.29) is 5.56 Å². The molecule has 19 heavy (non-hydrogen) atoms. The van der Waals surface area contributed by atoms with Crippen molar-refractivity contribution < 1.29 is 22.7 Å². The molecule has 0 bridgehead atoms. The van der Waals surface area contributed by atoms with E-state index in [0.717, 1.165) is 0 Å². The Labute approximate surface area is 118 Å². The van der Waals surface area contributed by atoms with E-state index in [9.17, 15) is 18.0 Å². The minimum absolute atomic E-state index is 0.272. The Hall–Kier alpha value is -0.940. The highest BCUT2D eigenvalue weighted by Crippen LogP contribution is 2.36. The van der Waals surface area contributed by atoms with E-state index in [1.54, 1.807) is 20.8 Å². The third kappa shape index (κ3) is 4.28. The average molecular weight is 315 g/mol. The predicted octanol–water partition coefficient (Wildman–Crippen LogP) is 4.97. The van der Waals surface area contributed by atoms with Crippen molar-refractivity contribution >= 4 is 29.2 Å². The predicted molar refractivity (Wildman–Crippen MR) is 66.6 cm³/mol. The van der Waals surface area contributed by atoms with E-state index < -0.39 is 33.4 Å². The molecule has 0 unspecified atom stereocenters. The second-order valence-corrected chi connectivity index (χ2v) is 5.63. The van der Waals surface area contributed by atoms with Crippen LogP contribution in [-0.2, 0) is 10.9 Å². The Morgan fingerprint density at radius 3 is 1.84 bits per heavy atom. The van der Waals surface area contributed by atoms with Gasteiger partial charge < -0.3 is 4.74 Å². The van der Waals surface area contributed by atoms with Gasteiger partial charge in [-0.2, -0.15) is 13.2 Å². The lowest BCUT2D eigenvalue weighted by Gasteiger charge is -2.20. The first-order valence-electron chi connectivity index (χ1n) is 5.21. The average Bonchev–Trinajstić information content (AvgIpc) is 2.11. The van der Waals surface area contributed by atoms with Gasteiger partial charge in [-0.15, -0.1) is 0 Å². The summed E-state index contributed by atoms with van der Waals surface area (Å²) in [6, 6.07) is 1.29. The molecule has 2 nitrogen and oxygen atoms in total. The monoisotopic (exact) mass is 314 g/mol. The van der Waals surface area contributed by atoms with Crippen molar-refractivity contribution in [1.82, 2.24) is 0 Å². The lowest BCUT2D eigenvalue weighted by Crippen LogP contribution is -2.24. The molecule has 0 fully saturated rings. The van der Waals surface area contributed by atoms with Gasteiger partial charge in [0, 0.05) is 0 Å². The number of esters is 1. The van der Waals surface area contributed by atoms with Gasteiger partial charge in [0.2, 0.25) is 0 Å². The third-order valence-electron chi connectivity index (χ3n) is 1.97. The van der Waals surface area contributed by atoms with Crippen LogP contribution in [0.5, 0.6) is 0 Å². The fraction of sp³-hybridized carbons (Fsp3) is 0.417. The lowest BCUT2D eigenvalue weighted by atomic mass is 10.1. The summed E-state index contributed by atoms with van der Waals surface area (Å²) in [7, 11) is 0. The summed E-state index contributed by atoms with van der Waals surface area (Å²) in [5.41, 5.74) is -2.09. The van der Waals surface area contributed by atoms with E-state index in [4.69, 9.17) is 27.9 Å². The highest BCUT2D eigenvalue weighted by atomic mass is 35.5. The van der Waals surface area contributed by atoms with Gasteiger partial charge >= 0.3 is 12.1 Å². The smallest absolute Gasteiger partial charge is 0.416 e. The zero-order valence-corrected chi connectivity index (χ0v) is 11.9. The molecule has 0 amide bonds. The van der Waals surface area contributed by atoms with Crippen LogP contribution in [0.1, 0.15) is 36.7 Å². The van der Waals surface area contributed by atoms with Crippen molar-refractivity contribution in [2.75, 3.05) is 0 Å². The van der Waals surface area contributed by atoms with Crippen LogP contribution in [0.3, 0.4) is 0 Å². The van der Waals surface area contributed by atoms with Gasteiger partial charge in [0.25, 0.3) is 0 Å². The largest absolute Gasteiger partial charge is 0.456 e. The molecule has 0 N–H and O–H groups in total. The molecule has 0 atom stereocenters. The molecular formula is C12H11Cl2F3O2. The highest BCUT2D eigenvalue weighted by molar-refractivity contribution is 6.39. The zero-order chi connectivity index (χ0) is 15.0. The maximum atomic E-state index is 12.5. The van der Waals surface area contributed by atoms with Crippen LogP contribution in [0, 0.1) is 0 Å². The third-order valence-corrected chi connectivity index (χ3v) is 2.57.